The largest absolute Gasteiger partial charge is 0.368 e. The van der Waals surface area contributed by atoms with Crippen molar-refractivity contribution in [3.63, 3.8) is 0 Å². The molecule has 0 spiro atoms. The first-order chi connectivity index (χ1) is 15.0. The highest BCUT2D eigenvalue weighted by Crippen LogP contribution is 2.41. The molecule has 2 aliphatic rings. The van der Waals surface area contributed by atoms with Gasteiger partial charge in [-0.25, -0.2) is 18.4 Å². The Morgan fingerprint density at radius 1 is 1.34 bits per heavy atom. The third-order valence-electron chi connectivity index (χ3n) is 5.79. The van der Waals surface area contributed by atoms with Gasteiger partial charge in [-0.15, -0.1) is 0 Å². The molecule has 172 valence electrons. The molecule has 4 rings (SSSR count). The summed E-state index contributed by atoms with van der Waals surface area (Å²) in [6.45, 7) is 6.01. The Balaban J connectivity index is 1.71. The van der Waals surface area contributed by atoms with E-state index in [1.165, 1.54) is 24.5 Å². The SMILES string of the molecule is CC(=O)Nc1nc(C)c(-c2cc3c(c(NCCS(C)(=O)=O)n2)C(=O)N([C@@H](C)C2CC2)C3)s1. The maximum absolute atomic E-state index is 13.3. The molecule has 1 saturated carbocycles. The van der Waals surface area contributed by atoms with E-state index in [-0.39, 0.29) is 30.2 Å². The quantitative estimate of drug-likeness (QED) is 0.599. The standard InChI is InChI=1S/C21H27N5O4S2/c1-11-18(31-21(23-11)24-13(3)27)16-9-15-10-26(12(2)14-5-6-14)20(28)17(15)19(25-16)22-7-8-32(4,29)30/h9,12,14H,5-8,10H2,1-4H3,(H,22,25)(H,23,24,27)/t12-/m0/s1. The Morgan fingerprint density at radius 3 is 2.69 bits per heavy atom. The number of hydrogen-bond acceptors (Lipinski definition) is 8. The molecule has 0 aromatic carbocycles. The predicted octanol–water partition coefficient (Wildman–Crippen LogP) is 2.68. The summed E-state index contributed by atoms with van der Waals surface area (Å²) in [6.07, 6.45) is 3.45. The summed E-state index contributed by atoms with van der Waals surface area (Å²) in [6, 6.07) is 2.06. The van der Waals surface area contributed by atoms with Crippen molar-refractivity contribution in [2.45, 2.75) is 46.2 Å². The van der Waals surface area contributed by atoms with Gasteiger partial charge in [0.25, 0.3) is 5.91 Å². The number of aromatic nitrogens is 2. The van der Waals surface area contributed by atoms with Gasteiger partial charge in [0.05, 0.1) is 27.6 Å². The normalized spacial score (nSPS) is 16.8. The number of nitrogens with one attached hydrogen (secondary N) is 2. The van der Waals surface area contributed by atoms with Gasteiger partial charge in [-0.1, -0.05) is 11.3 Å². The van der Waals surface area contributed by atoms with E-state index in [0.717, 1.165) is 29.0 Å². The Morgan fingerprint density at radius 2 is 2.06 bits per heavy atom. The summed E-state index contributed by atoms with van der Waals surface area (Å²) in [4.78, 5) is 36.5. The fraction of sp³-hybridized carbons (Fsp3) is 0.524. The first kappa shape index (κ1) is 22.7. The summed E-state index contributed by atoms with van der Waals surface area (Å²) in [5, 5.41) is 6.26. The highest BCUT2D eigenvalue weighted by molar-refractivity contribution is 7.90. The topological polar surface area (TPSA) is 121 Å². The van der Waals surface area contributed by atoms with E-state index in [2.05, 4.69) is 22.5 Å². The minimum absolute atomic E-state index is 0.0592. The lowest BCUT2D eigenvalue weighted by Crippen LogP contribution is -2.35. The fourth-order valence-electron chi connectivity index (χ4n) is 3.96. The average Bonchev–Trinajstić information content (AvgIpc) is 3.39. The number of thiazole rings is 1. The van der Waals surface area contributed by atoms with Crippen LogP contribution in [0, 0.1) is 12.8 Å². The summed E-state index contributed by atoms with van der Waals surface area (Å²) >= 11 is 1.32. The van der Waals surface area contributed by atoms with Gasteiger partial charge in [0.1, 0.15) is 15.7 Å². The molecule has 11 heteroatoms. The number of sulfone groups is 1. The van der Waals surface area contributed by atoms with Gasteiger partial charge in [-0.2, -0.15) is 0 Å². The first-order valence-electron chi connectivity index (χ1n) is 10.6. The number of nitrogens with zero attached hydrogens (tertiary/aromatic N) is 3. The van der Waals surface area contributed by atoms with E-state index >= 15 is 0 Å². The number of rotatable bonds is 8. The van der Waals surface area contributed by atoms with Crippen LogP contribution in [0.5, 0.6) is 0 Å². The molecule has 1 aliphatic heterocycles. The molecule has 2 aromatic rings. The summed E-state index contributed by atoms with van der Waals surface area (Å²) in [5.74, 6) is 0.596. The van der Waals surface area contributed by atoms with E-state index < -0.39 is 9.84 Å². The minimum atomic E-state index is -3.16. The van der Waals surface area contributed by atoms with E-state index in [0.29, 0.717) is 34.7 Å². The zero-order chi connectivity index (χ0) is 23.2. The third-order valence-corrected chi connectivity index (χ3v) is 7.83. The molecular weight excluding hydrogens is 450 g/mol. The smallest absolute Gasteiger partial charge is 0.258 e. The Labute approximate surface area is 191 Å². The molecule has 1 fully saturated rings. The highest BCUT2D eigenvalue weighted by Gasteiger charge is 2.40. The van der Waals surface area contributed by atoms with Gasteiger partial charge in [0.2, 0.25) is 5.91 Å². The second-order valence-corrected chi connectivity index (χ2v) is 11.8. The summed E-state index contributed by atoms with van der Waals surface area (Å²) in [7, 11) is -3.16. The zero-order valence-electron chi connectivity index (χ0n) is 18.6. The van der Waals surface area contributed by atoms with E-state index in [1.54, 1.807) is 0 Å². The lowest BCUT2D eigenvalue weighted by atomic mass is 10.1. The third kappa shape index (κ3) is 4.78. The Hall–Kier alpha value is -2.53. The van der Waals surface area contributed by atoms with E-state index in [9.17, 15) is 18.0 Å². The second kappa shape index (κ2) is 8.43. The van der Waals surface area contributed by atoms with Crippen molar-refractivity contribution in [3.05, 3.63) is 22.9 Å². The van der Waals surface area contributed by atoms with Crippen molar-refractivity contribution in [2.75, 3.05) is 29.2 Å². The van der Waals surface area contributed by atoms with Crippen LogP contribution in [-0.2, 0) is 21.2 Å². The van der Waals surface area contributed by atoms with Crippen molar-refractivity contribution in [1.29, 1.82) is 0 Å². The Kier molecular flexibility index (Phi) is 5.97. The molecule has 2 N–H and O–H groups in total. The van der Waals surface area contributed by atoms with E-state index in [4.69, 9.17) is 4.98 Å². The molecule has 9 nitrogen and oxygen atoms in total. The van der Waals surface area contributed by atoms with Crippen molar-refractivity contribution in [1.82, 2.24) is 14.9 Å². The maximum atomic E-state index is 13.3. The van der Waals surface area contributed by atoms with Gasteiger partial charge in [-0.3, -0.25) is 9.59 Å². The van der Waals surface area contributed by atoms with Gasteiger partial charge < -0.3 is 15.5 Å². The van der Waals surface area contributed by atoms with Crippen molar-refractivity contribution >= 4 is 43.9 Å². The van der Waals surface area contributed by atoms with Crippen molar-refractivity contribution in [3.8, 4) is 10.6 Å². The summed E-state index contributed by atoms with van der Waals surface area (Å²) in [5.41, 5.74) is 2.74. The van der Waals surface area contributed by atoms with Crippen LogP contribution >= 0.6 is 11.3 Å². The fourth-order valence-corrected chi connectivity index (χ4v) is 5.41. The number of fused-ring (bicyclic) bond motifs is 1. The molecular formula is C21H27N5O4S2. The van der Waals surface area contributed by atoms with Crippen LogP contribution in [0.4, 0.5) is 10.9 Å². The van der Waals surface area contributed by atoms with Crippen LogP contribution in [0.1, 0.15) is 48.3 Å². The van der Waals surface area contributed by atoms with Crippen molar-refractivity contribution < 1.29 is 18.0 Å². The monoisotopic (exact) mass is 477 g/mol. The first-order valence-corrected chi connectivity index (χ1v) is 13.4. The Bertz CT molecular complexity index is 1190. The van der Waals surface area contributed by atoms with Crippen LogP contribution in [0.25, 0.3) is 10.6 Å². The van der Waals surface area contributed by atoms with Gasteiger partial charge in [-0.05, 0) is 44.2 Å². The number of hydrogen-bond donors (Lipinski definition) is 2. The van der Waals surface area contributed by atoms with Gasteiger partial charge in [0, 0.05) is 32.3 Å². The molecule has 0 radical (unpaired) electrons. The van der Waals surface area contributed by atoms with Crippen LogP contribution in [-0.4, -0.2) is 59.7 Å². The molecule has 0 saturated heterocycles. The number of amides is 2. The molecule has 2 aromatic heterocycles. The molecule has 1 aliphatic carbocycles. The maximum Gasteiger partial charge on any atom is 0.258 e. The highest BCUT2D eigenvalue weighted by atomic mass is 32.2. The average molecular weight is 478 g/mol. The zero-order valence-corrected chi connectivity index (χ0v) is 20.2. The second-order valence-electron chi connectivity index (χ2n) is 8.57. The number of aryl methyl sites for hydroxylation is 1. The molecule has 32 heavy (non-hydrogen) atoms. The number of anilines is 2. The van der Waals surface area contributed by atoms with E-state index in [1.807, 2.05) is 17.9 Å². The molecule has 0 bridgehead atoms. The number of carbonyl (C=O) groups is 2. The summed E-state index contributed by atoms with van der Waals surface area (Å²) < 4.78 is 23.2. The lowest BCUT2D eigenvalue weighted by molar-refractivity contribution is -0.114. The molecule has 3 heterocycles. The van der Waals surface area contributed by atoms with Crippen LogP contribution in [0.15, 0.2) is 6.07 Å². The molecule has 1 atom stereocenters. The van der Waals surface area contributed by atoms with Crippen molar-refractivity contribution in [2.24, 2.45) is 5.92 Å². The lowest BCUT2D eigenvalue weighted by Gasteiger charge is -2.24. The molecule has 0 unspecified atom stereocenters. The van der Waals surface area contributed by atoms with Crippen LogP contribution < -0.4 is 10.6 Å². The predicted molar refractivity (Wildman–Crippen MR) is 125 cm³/mol. The number of pyridine rings is 1. The van der Waals surface area contributed by atoms with Gasteiger partial charge in [0.15, 0.2) is 5.13 Å². The van der Waals surface area contributed by atoms with Crippen LogP contribution in [0.2, 0.25) is 0 Å². The molecule has 2 amide bonds. The minimum Gasteiger partial charge on any atom is -0.368 e. The number of carbonyl (C=O) groups excluding carboxylic acids is 2. The van der Waals surface area contributed by atoms with Gasteiger partial charge >= 0.3 is 0 Å². The van der Waals surface area contributed by atoms with Crippen LogP contribution in [0.3, 0.4) is 0 Å².